The molecule has 1 fully saturated rings. The van der Waals surface area contributed by atoms with Gasteiger partial charge < -0.3 is 9.64 Å². The minimum Gasteiger partial charge on any atom is -0.461 e. The van der Waals surface area contributed by atoms with Crippen molar-refractivity contribution in [3.8, 4) is 0 Å². The Morgan fingerprint density at radius 2 is 2.07 bits per heavy atom. The monoisotopic (exact) mass is 408 g/mol. The normalized spacial score (nSPS) is 19.1. The fourth-order valence-electron chi connectivity index (χ4n) is 3.21. The van der Waals surface area contributed by atoms with Crippen LogP contribution in [0.15, 0.2) is 18.2 Å². The summed E-state index contributed by atoms with van der Waals surface area (Å²) < 4.78 is 5.35. The molecule has 0 radical (unpaired) electrons. The minimum atomic E-state index is -0.674. The summed E-state index contributed by atoms with van der Waals surface area (Å²) in [5.41, 5.74) is 0.622. The molecule has 7 nitrogen and oxygen atoms in total. The van der Waals surface area contributed by atoms with Crippen LogP contribution in [-0.2, 0) is 9.53 Å². The van der Waals surface area contributed by atoms with Gasteiger partial charge in [0.1, 0.15) is 6.04 Å². The van der Waals surface area contributed by atoms with E-state index in [2.05, 4.69) is 6.92 Å². The van der Waals surface area contributed by atoms with Crippen molar-refractivity contribution in [1.82, 2.24) is 4.90 Å². The van der Waals surface area contributed by atoms with Crippen molar-refractivity contribution in [2.45, 2.75) is 70.9 Å². The fourth-order valence-corrected chi connectivity index (χ4v) is 4.65. The predicted octanol–water partition coefficient (Wildman–Crippen LogP) is 4.32. The van der Waals surface area contributed by atoms with Gasteiger partial charge in [-0.05, 0) is 33.3 Å². The van der Waals surface area contributed by atoms with Crippen LogP contribution in [0.5, 0.6) is 0 Å². The lowest BCUT2D eigenvalue weighted by Crippen LogP contribution is -2.46. The van der Waals surface area contributed by atoms with Crippen LogP contribution in [-0.4, -0.2) is 45.0 Å². The van der Waals surface area contributed by atoms with E-state index in [0.717, 1.165) is 25.7 Å². The van der Waals surface area contributed by atoms with Crippen LogP contribution in [0, 0.1) is 17.0 Å². The number of aryl methyl sites for hydroxylation is 1. The number of esters is 1. The Kier molecular flexibility index (Phi) is 7.86. The first-order chi connectivity index (χ1) is 13.3. The smallest absolute Gasteiger partial charge is 0.330 e. The minimum absolute atomic E-state index is 0.0958. The maximum atomic E-state index is 13.3. The van der Waals surface area contributed by atoms with Crippen molar-refractivity contribution in [2.24, 2.45) is 0 Å². The molecule has 1 saturated heterocycles. The first-order valence-corrected chi connectivity index (χ1v) is 10.7. The highest BCUT2D eigenvalue weighted by Gasteiger charge is 2.42. The highest BCUT2D eigenvalue weighted by atomic mass is 32.2. The molecule has 1 aliphatic rings. The highest BCUT2D eigenvalue weighted by Crippen LogP contribution is 2.35. The van der Waals surface area contributed by atoms with E-state index in [0.29, 0.717) is 11.3 Å². The highest BCUT2D eigenvalue weighted by molar-refractivity contribution is 8.00. The summed E-state index contributed by atoms with van der Waals surface area (Å²) in [7, 11) is 0. The zero-order chi connectivity index (χ0) is 20.8. The van der Waals surface area contributed by atoms with E-state index < -0.39 is 16.9 Å². The van der Waals surface area contributed by atoms with E-state index in [9.17, 15) is 19.7 Å². The summed E-state index contributed by atoms with van der Waals surface area (Å²) in [5, 5.41) is 11.1. The molecule has 0 spiro atoms. The number of thioether (sulfide) groups is 1. The van der Waals surface area contributed by atoms with E-state index in [-0.39, 0.29) is 28.6 Å². The average Bonchev–Trinajstić information content (AvgIpc) is 3.05. The van der Waals surface area contributed by atoms with Gasteiger partial charge in [-0.2, -0.15) is 0 Å². The molecular weight excluding hydrogens is 380 g/mol. The van der Waals surface area contributed by atoms with Crippen LogP contribution in [0.25, 0.3) is 0 Å². The Bertz CT molecular complexity index is 737. The molecule has 0 saturated carbocycles. The van der Waals surface area contributed by atoms with Crippen molar-refractivity contribution >= 4 is 29.3 Å². The molecule has 2 rings (SSSR count). The van der Waals surface area contributed by atoms with Gasteiger partial charge in [0, 0.05) is 22.9 Å². The van der Waals surface area contributed by atoms with E-state index in [1.807, 2.05) is 0 Å². The van der Waals surface area contributed by atoms with E-state index >= 15 is 0 Å². The van der Waals surface area contributed by atoms with Crippen LogP contribution < -0.4 is 0 Å². The molecular formula is C20H28N2O5S. The number of carbonyl (C=O) groups excluding carboxylic acids is 2. The van der Waals surface area contributed by atoms with Gasteiger partial charge in [0.25, 0.3) is 11.6 Å². The maximum absolute atomic E-state index is 13.3. The van der Waals surface area contributed by atoms with Gasteiger partial charge in [0.05, 0.1) is 16.4 Å². The second kappa shape index (κ2) is 9.91. The molecule has 1 amide bonds. The van der Waals surface area contributed by atoms with Gasteiger partial charge in [-0.15, -0.1) is 11.8 Å². The summed E-state index contributed by atoms with van der Waals surface area (Å²) >= 11 is 1.57. The summed E-state index contributed by atoms with van der Waals surface area (Å²) in [6.07, 6.45) is 3.58. The second-order valence-corrected chi connectivity index (χ2v) is 8.47. The number of rotatable bonds is 8. The number of amides is 1. The lowest BCUT2D eigenvalue weighted by molar-refractivity contribution is -0.385. The first kappa shape index (κ1) is 22.2. The molecule has 0 aliphatic carbocycles. The quantitative estimate of drug-likeness (QED) is 0.275. The van der Waals surface area contributed by atoms with Crippen molar-refractivity contribution < 1.29 is 19.2 Å². The molecule has 28 heavy (non-hydrogen) atoms. The predicted molar refractivity (Wildman–Crippen MR) is 109 cm³/mol. The standard InChI is InChI=1S/C20H28N2O5S/c1-5-6-7-8-18-21(17(12-28-18)20(24)27-13(2)3)19(23)15-10-9-14(4)16(11-15)22(25)26/h9-11,13,17-18H,5-8,12H2,1-4H3. The Labute approximate surface area is 170 Å². The molecule has 1 aromatic rings. The summed E-state index contributed by atoms with van der Waals surface area (Å²) in [6, 6.07) is 3.78. The number of nitrogens with zero attached hydrogens (tertiary/aromatic N) is 2. The Morgan fingerprint density at radius 3 is 2.68 bits per heavy atom. The molecule has 0 aromatic heterocycles. The van der Waals surface area contributed by atoms with Crippen molar-refractivity contribution in [2.75, 3.05) is 5.75 Å². The second-order valence-electron chi connectivity index (χ2n) is 7.26. The Morgan fingerprint density at radius 1 is 1.36 bits per heavy atom. The zero-order valence-corrected chi connectivity index (χ0v) is 17.7. The van der Waals surface area contributed by atoms with Crippen molar-refractivity contribution in [3.05, 3.63) is 39.4 Å². The van der Waals surface area contributed by atoms with Gasteiger partial charge in [-0.3, -0.25) is 14.9 Å². The lowest BCUT2D eigenvalue weighted by atomic mass is 10.1. The van der Waals surface area contributed by atoms with Gasteiger partial charge in [0.2, 0.25) is 0 Å². The largest absolute Gasteiger partial charge is 0.461 e. The molecule has 8 heteroatoms. The number of nitro benzene ring substituents is 1. The van der Waals surface area contributed by atoms with Gasteiger partial charge in [0.15, 0.2) is 0 Å². The molecule has 1 aromatic carbocycles. The Balaban J connectivity index is 2.32. The van der Waals surface area contributed by atoms with Gasteiger partial charge in [-0.25, -0.2) is 4.79 Å². The van der Waals surface area contributed by atoms with Gasteiger partial charge >= 0.3 is 5.97 Å². The zero-order valence-electron chi connectivity index (χ0n) is 16.8. The molecule has 2 unspecified atom stereocenters. The summed E-state index contributed by atoms with van der Waals surface area (Å²) in [5.74, 6) is -0.307. The van der Waals surface area contributed by atoms with Gasteiger partial charge in [-0.1, -0.05) is 32.3 Å². The van der Waals surface area contributed by atoms with Crippen LogP contribution >= 0.6 is 11.8 Å². The molecule has 1 heterocycles. The molecule has 2 atom stereocenters. The van der Waals surface area contributed by atoms with Crippen molar-refractivity contribution in [1.29, 1.82) is 0 Å². The molecule has 0 bridgehead atoms. The van der Waals surface area contributed by atoms with E-state index in [1.165, 1.54) is 6.07 Å². The maximum Gasteiger partial charge on any atom is 0.330 e. The van der Waals surface area contributed by atoms with Crippen LogP contribution in [0.2, 0.25) is 0 Å². The fraction of sp³-hybridized carbons (Fsp3) is 0.600. The number of benzene rings is 1. The average molecular weight is 409 g/mol. The summed E-state index contributed by atoms with van der Waals surface area (Å²) in [6.45, 7) is 7.29. The Hall–Kier alpha value is -2.09. The van der Waals surface area contributed by atoms with Crippen LogP contribution in [0.4, 0.5) is 5.69 Å². The topological polar surface area (TPSA) is 89.8 Å². The number of carbonyl (C=O) groups is 2. The third-order valence-corrected chi connectivity index (χ3v) is 6.01. The molecule has 154 valence electrons. The molecule has 1 aliphatic heterocycles. The van der Waals surface area contributed by atoms with Crippen LogP contribution in [0.3, 0.4) is 0 Å². The first-order valence-electron chi connectivity index (χ1n) is 9.66. The van der Waals surface area contributed by atoms with E-state index in [1.54, 1.807) is 49.6 Å². The number of unbranched alkanes of at least 4 members (excludes halogenated alkanes) is 2. The lowest BCUT2D eigenvalue weighted by Gasteiger charge is -2.29. The van der Waals surface area contributed by atoms with E-state index in [4.69, 9.17) is 4.74 Å². The third-order valence-electron chi connectivity index (χ3n) is 4.66. The number of hydrogen-bond donors (Lipinski definition) is 0. The third kappa shape index (κ3) is 5.25. The summed E-state index contributed by atoms with van der Waals surface area (Å²) in [4.78, 5) is 38.2. The van der Waals surface area contributed by atoms with Crippen LogP contribution in [0.1, 0.15) is 62.4 Å². The SMILES string of the molecule is CCCCCC1SCC(C(=O)OC(C)C)N1C(=O)c1ccc(C)c([N+](=O)[O-])c1. The number of ether oxygens (including phenoxy) is 1. The number of hydrogen-bond acceptors (Lipinski definition) is 6. The molecule has 0 N–H and O–H groups in total. The number of nitro groups is 1. The van der Waals surface area contributed by atoms with Crippen molar-refractivity contribution in [3.63, 3.8) is 0 Å².